The SMILES string of the molecule is N#CC(=Cc1ccccc1Sc1ccc(Cl)cc1)c1cccc([N+](=O)[O-])c1. The molecule has 0 aromatic heterocycles. The molecule has 0 amide bonds. The molecule has 0 saturated heterocycles. The van der Waals surface area contributed by atoms with Crippen LogP contribution in [0.3, 0.4) is 0 Å². The molecule has 0 heterocycles. The highest BCUT2D eigenvalue weighted by Gasteiger charge is 2.10. The summed E-state index contributed by atoms with van der Waals surface area (Å²) in [5.41, 5.74) is 1.69. The average Bonchev–Trinajstić information content (AvgIpc) is 2.69. The van der Waals surface area contributed by atoms with E-state index in [2.05, 4.69) is 6.07 Å². The molecular weight excluding hydrogens is 380 g/mol. The number of benzene rings is 3. The van der Waals surface area contributed by atoms with Crippen LogP contribution in [0.15, 0.2) is 82.6 Å². The zero-order valence-electron chi connectivity index (χ0n) is 14.0. The molecule has 6 heteroatoms. The molecule has 0 aliphatic carbocycles. The summed E-state index contributed by atoms with van der Waals surface area (Å²) in [6, 6.07) is 23.4. The van der Waals surface area contributed by atoms with E-state index in [-0.39, 0.29) is 5.69 Å². The van der Waals surface area contributed by atoms with Crippen molar-refractivity contribution in [2.24, 2.45) is 0 Å². The van der Waals surface area contributed by atoms with Crippen molar-refractivity contribution in [3.05, 3.63) is 99.1 Å². The standard InChI is InChI=1S/C21H13ClN2O2S/c22-18-8-10-20(11-9-18)27-21-7-2-1-4-16(21)12-17(14-23)15-5-3-6-19(13-15)24(25)26/h1-13H. The molecule has 0 unspecified atom stereocenters. The number of non-ortho nitro benzene ring substituents is 1. The minimum Gasteiger partial charge on any atom is -0.258 e. The molecule has 0 atom stereocenters. The van der Waals surface area contributed by atoms with Gasteiger partial charge in [0.05, 0.1) is 16.6 Å². The van der Waals surface area contributed by atoms with Crippen LogP contribution in [0.4, 0.5) is 5.69 Å². The molecule has 3 aromatic rings. The van der Waals surface area contributed by atoms with Gasteiger partial charge in [-0.2, -0.15) is 5.26 Å². The van der Waals surface area contributed by atoms with Gasteiger partial charge in [-0.3, -0.25) is 10.1 Å². The highest BCUT2D eigenvalue weighted by molar-refractivity contribution is 7.99. The van der Waals surface area contributed by atoms with Crippen molar-refractivity contribution in [2.75, 3.05) is 0 Å². The van der Waals surface area contributed by atoms with Crippen molar-refractivity contribution >= 4 is 40.7 Å². The fraction of sp³-hybridized carbons (Fsp3) is 0. The second-order valence-electron chi connectivity index (χ2n) is 5.57. The van der Waals surface area contributed by atoms with Crippen LogP contribution in [-0.4, -0.2) is 4.92 Å². The summed E-state index contributed by atoms with van der Waals surface area (Å²) in [7, 11) is 0. The van der Waals surface area contributed by atoms with E-state index in [9.17, 15) is 15.4 Å². The van der Waals surface area contributed by atoms with E-state index >= 15 is 0 Å². The molecule has 0 N–H and O–H groups in total. The van der Waals surface area contributed by atoms with Gasteiger partial charge >= 0.3 is 0 Å². The largest absolute Gasteiger partial charge is 0.270 e. The molecule has 0 saturated carbocycles. The van der Waals surface area contributed by atoms with Crippen LogP contribution in [0.2, 0.25) is 5.02 Å². The molecule has 132 valence electrons. The zero-order valence-corrected chi connectivity index (χ0v) is 15.6. The summed E-state index contributed by atoms with van der Waals surface area (Å²) in [5.74, 6) is 0. The Kier molecular flexibility index (Phi) is 5.92. The smallest absolute Gasteiger partial charge is 0.258 e. The van der Waals surface area contributed by atoms with Crippen LogP contribution in [0.1, 0.15) is 11.1 Å². The fourth-order valence-corrected chi connectivity index (χ4v) is 3.49. The Morgan fingerprint density at radius 3 is 2.52 bits per heavy atom. The quantitative estimate of drug-likeness (QED) is 0.216. The molecule has 0 bridgehead atoms. The minimum absolute atomic E-state index is 0.0440. The van der Waals surface area contributed by atoms with E-state index in [0.29, 0.717) is 16.2 Å². The minimum atomic E-state index is -0.469. The van der Waals surface area contributed by atoms with Gasteiger partial charge in [-0.1, -0.05) is 53.7 Å². The van der Waals surface area contributed by atoms with Crippen LogP contribution in [0.5, 0.6) is 0 Å². The van der Waals surface area contributed by atoms with Gasteiger partial charge in [0.15, 0.2) is 0 Å². The van der Waals surface area contributed by atoms with Gasteiger partial charge in [-0.05, 0) is 47.5 Å². The van der Waals surface area contributed by atoms with E-state index in [1.165, 1.54) is 12.1 Å². The summed E-state index contributed by atoms with van der Waals surface area (Å²) in [4.78, 5) is 12.5. The van der Waals surface area contributed by atoms with Crippen molar-refractivity contribution in [1.82, 2.24) is 0 Å². The molecule has 27 heavy (non-hydrogen) atoms. The normalized spacial score (nSPS) is 11.0. The summed E-state index contributed by atoms with van der Waals surface area (Å²) < 4.78 is 0. The van der Waals surface area contributed by atoms with Crippen LogP contribution < -0.4 is 0 Å². The number of rotatable bonds is 5. The predicted molar refractivity (Wildman–Crippen MR) is 109 cm³/mol. The average molecular weight is 393 g/mol. The van der Waals surface area contributed by atoms with E-state index in [4.69, 9.17) is 11.6 Å². The Balaban J connectivity index is 1.98. The van der Waals surface area contributed by atoms with Gasteiger partial charge in [0, 0.05) is 26.9 Å². The fourth-order valence-electron chi connectivity index (χ4n) is 2.44. The Bertz CT molecular complexity index is 1060. The molecule has 3 rings (SSSR count). The summed E-state index contributed by atoms with van der Waals surface area (Å²) in [6.07, 6.45) is 1.75. The third kappa shape index (κ3) is 4.76. The van der Waals surface area contributed by atoms with Gasteiger partial charge in [0.1, 0.15) is 0 Å². The van der Waals surface area contributed by atoms with Gasteiger partial charge in [-0.25, -0.2) is 0 Å². The summed E-state index contributed by atoms with van der Waals surface area (Å²) in [6.45, 7) is 0. The van der Waals surface area contributed by atoms with E-state index < -0.39 is 4.92 Å². The number of hydrogen-bond donors (Lipinski definition) is 0. The second-order valence-corrected chi connectivity index (χ2v) is 7.12. The number of nitro groups is 1. The lowest BCUT2D eigenvalue weighted by Crippen LogP contribution is -1.90. The molecule has 0 spiro atoms. The summed E-state index contributed by atoms with van der Waals surface area (Å²) in [5, 5.41) is 21.2. The van der Waals surface area contributed by atoms with E-state index in [1.54, 1.807) is 30.0 Å². The lowest BCUT2D eigenvalue weighted by Gasteiger charge is -2.07. The monoisotopic (exact) mass is 392 g/mol. The van der Waals surface area contributed by atoms with Crippen LogP contribution in [0, 0.1) is 21.4 Å². The van der Waals surface area contributed by atoms with E-state index in [0.717, 1.165) is 15.4 Å². The predicted octanol–water partition coefficient (Wildman–Crippen LogP) is 6.46. The maximum atomic E-state index is 11.0. The first-order valence-electron chi connectivity index (χ1n) is 7.96. The molecule has 3 aromatic carbocycles. The van der Waals surface area contributed by atoms with Crippen LogP contribution >= 0.6 is 23.4 Å². The highest BCUT2D eigenvalue weighted by atomic mass is 35.5. The number of nitriles is 1. The first-order valence-corrected chi connectivity index (χ1v) is 9.15. The molecule has 0 aliphatic heterocycles. The topological polar surface area (TPSA) is 66.9 Å². The maximum absolute atomic E-state index is 11.0. The van der Waals surface area contributed by atoms with Crippen molar-refractivity contribution in [2.45, 2.75) is 9.79 Å². The van der Waals surface area contributed by atoms with Crippen molar-refractivity contribution in [3.63, 3.8) is 0 Å². The van der Waals surface area contributed by atoms with Gasteiger partial charge in [0.2, 0.25) is 0 Å². The molecule has 0 aliphatic rings. The zero-order chi connectivity index (χ0) is 19.2. The highest BCUT2D eigenvalue weighted by Crippen LogP contribution is 2.33. The van der Waals surface area contributed by atoms with Crippen LogP contribution in [0.25, 0.3) is 11.6 Å². The lowest BCUT2D eigenvalue weighted by atomic mass is 10.0. The second kappa shape index (κ2) is 8.54. The molecule has 0 radical (unpaired) electrons. The van der Waals surface area contributed by atoms with Crippen molar-refractivity contribution in [3.8, 4) is 6.07 Å². The Hall–Kier alpha value is -3.07. The first kappa shape index (κ1) is 18.7. The third-order valence-electron chi connectivity index (χ3n) is 3.75. The van der Waals surface area contributed by atoms with Crippen molar-refractivity contribution in [1.29, 1.82) is 5.26 Å². The summed E-state index contributed by atoms with van der Waals surface area (Å²) >= 11 is 7.49. The first-order chi connectivity index (χ1) is 13.1. The Morgan fingerprint density at radius 2 is 1.81 bits per heavy atom. The Morgan fingerprint density at radius 1 is 1.07 bits per heavy atom. The number of hydrogen-bond acceptors (Lipinski definition) is 4. The molecular formula is C21H13ClN2O2S. The Labute approximate surface area is 165 Å². The molecule has 0 fully saturated rings. The number of nitro benzene ring substituents is 1. The van der Waals surface area contributed by atoms with Gasteiger partial charge < -0.3 is 0 Å². The van der Waals surface area contributed by atoms with E-state index in [1.807, 2.05) is 48.5 Å². The number of halogens is 1. The molecule has 4 nitrogen and oxygen atoms in total. The van der Waals surface area contributed by atoms with Gasteiger partial charge in [0.25, 0.3) is 5.69 Å². The number of nitrogens with zero attached hydrogens (tertiary/aromatic N) is 2. The third-order valence-corrected chi connectivity index (χ3v) is 5.10. The lowest BCUT2D eigenvalue weighted by molar-refractivity contribution is -0.384. The number of allylic oxidation sites excluding steroid dienone is 1. The van der Waals surface area contributed by atoms with Crippen molar-refractivity contribution < 1.29 is 4.92 Å². The maximum Gasteiger partial charge on any atom is 0.270 e. The van der Waals surface area contributed by atoms with Crippen LogP contribution in [-0.2, 0) is 0 Å². The van der Waals surface area contributed by atoms with Gasteiger partial charge in [-0.15, -0.1) is 0 Å².